The molecule has 1 heterocycles. The van der Waals surface area contributed by atoms with E-state index in [1.165, 1.54) is 0 Å². The Labute approximate surface area is 92.3 Å². The van der Waals surface area contributed by atoms with Gasteiger partial charge in [0, 0.05) is 23.2 Å². The van der Waals surface area contributed by atoms with Gasteiger partial charge in [0.25, 0.3) is 0 Å². The van der Waals surface area contributed by atoms with Crippen LogP contribution in [0.1, 0.15) is 13.3 Å². The lowest BCUT2D eigenvalue weighted by Gasteiger charge is -2.07. The maximum atomic E-state index is 11.5. The molecule has 0 N–H and O–H groups in total. The van der Waals surface area contributed by atoms with Gasteiger partial charge in [0.15, 0.2) is 0 Å². The number of benzene rings is 1. The molecule has 0 aliphatic carbocycles. The van der Waals surface area contributed by atoms with E-state index in [4.69, 9.17) is 11.6 Å². The Balaban J connectivity index is 2.76. The molecule has 0 amide bonds. The number of fused-ring (bicyclic) bond motifs is 1. The first-order chi connectivity index (χ1) is 7.22. The summed E-state index contributed by atoms with van der Waals surface area (Å²) < 4.78 is 1.67. The minimum absolute atomic E-state index is 0.202. The van der Waals surface area contributed by atoms with E-state index in [-0.39, 0.29) is 5.69 Å². The van der Waals surface area contributed by atoms with Crippen LogP contribution in [0.5, 0.6) is 0 Å². The van der Waals surface area contributed by atoms with Crippen LogP contribution in [-0.4, -0.2) is 9.55 Å². The lowest BCUT2D eigenvalue weighted by atomic mass is 10.2. The van der Waals surface area contributed by atoms with Crippen LogP contribution < -0.4 is 5.69 Å². The molecule has 2 rings (SSSR count). The Morgan fingerprint density at radius 2 is 2.27 bits per heavy atom. The van der Waals surface area contributed by atoms with Crippen LogP contribution >= 0.6 is 11.6 Å². The van der Waals surface area contributed by atoms with Gasteiger partial charge in [-0.15, -0.1) is 0 Å². The zero-order chi connectivity index (χ0) is 10.8. The van der Waals surface area contributed by atoms with Crippen LogP contribution in [0, 0.1) is 0 Å². The highest BCUT2D eigenvalue weighted by atomic mass is 35.5. The number of hydrogen-bond donors (Lipinski definition) is 0. The van der Waals surface area contributed by atoms with E-state index in [1.807, 2.05) is 19.1 Å². The first-order valence-corrected chi connectivity index (χ1v) is 5.25. The smallest absolute Gasteiger partial charge is 0.292 e. The maximum absolute atomic E-state index is 11.5. The minimum atomic E-state index is -0.202. The third-order valence-corrected chi connectivity index (χ3v) is 2.51. The third-order valence-electron chi connectivity index (χ3n) is 2.27. The van der Waals surface area contributed by atoms with Gasteiger partial charge in [-0.25, -0.2) is 9.78 Å². The summed E-state index contributed by atoms with van der Waals surface area (Å²) in [6.07, 6.45) is 2.47. The zero-order valence-electron chi connectivity index (χ0n) is 8.40. The van der Waals surface area contributed by atoms with Crippen molar-refractivity contribution in [3.05, 3.63) is 39.9 Å². The molecule has 0 spiro atoms. The zero-order valence-corrected chi connectivity index (χ0v) is 9.16. The summed E-state index contributed by atoms with van der Waals surface area (Å²) in [6.45, 7) is 2.71. The Bertz CT molecular complexity index is 548. The number of hydrogen-bond acceptors (Lipinski definition) is 2. The monoisotopic (exact) mass is 222 g/mol. The molecule has 1 aromatic carbocycles. The number of aromatic nitrogens is 2. The van der Waals surface area contributed by atoms with E-state index in [1.54, 1.807) is 16.8 Å². The van der Waals surface area contributed by atoms with E-state index in [0.717, 1.165) is 17.3 Å². The molecule has 0 fully saturated rings. The fourth-order valence-electron chi connectivity index (χ4n) is 1.61. The quantitative estimate of drug-likeness (QED) is 0.783. The van der Waals surface area contributed by atoms with Crippen molar-refractivity contribution in [2.45, 2.75) is 19.9 Å². The molecule has 0 radical (unpaired) electrons. The lowest BCUT2D eigenvalue weighted by molar-refractivity contribution is 0.660. The average molecular weight is 223 g/mol. The van der Waals surface area contributed by atoms with Gasteiger partial charge in [-0.2, -0.15) is 0 Å². The molecular formula is C11H11ClN2O. The molecule has 4 heteroatoms. The van der Waals surface area contributed by atoms with Crippen molar-refractivity contribution >= 4 is 22.5 Å². The fraction of sp³-hybridized carbons (Fsp3) is 0.273. The second-order valence-electron chi connectivity index (χ2n) is 3.40. The molecule has 0 aliphatic heterocycles. The van der Waals surface area contributed by atoms with Crippen molar-refractivity contribution in [1.29, 1.82) is 0 Å². The van der Waals surface area contributed by atoms with E-state index in [2.05, 4.69) is 4.98 Å². The molecule has 0 saturated heterocycles. The molecule has 0 atom stereocenters. The molecule has 0 bridgehead atoms. The van der Waals surface area contributed by atoms with Crippen LogP contribution in [-0.2, 0) is 6.54 Å². The maximum Gasteiger partial charge on any atom is 0.348 e. The molecule has 2 aromatic rings. The summed E-state index contributed by atoms with van der Waals surface area (Å²) in [5.74, 6) is 0. The highest BCUT2D eigenvalue weighted by molar-refractivity contribution is 6.31. The van der Waals surface area contributed by atoms with Gasteiger partial charge >= 0.3 is 5.69 Å². The predicted octanol–water partition coefficient (Wildman–Crippen LogP) is 2.46. The Kier molecular flexibility index (Phi) is 2.73. The molecule has 3 nitrogen and oxygen atoms in total. The first-order valence-electron chi connectivity index (χ1n) is 4.87. The van der Waals surface area contributed by atoms with Gasteiger partial charge in [-0.05, 0) is 24.6 Å². The van der Waals surface area contributed by atoms with E-state index < -0.39 is 0 Å². The second-order valence-corrected chi connectivity index (χ2v) is 3.83. The predicted molar refractivity (Wildman–Crippen MR) is 61.3 cm³/mol. The Hall–Kier alpha value is -1.35. The van der Waals surface area contributed by atoms with Crippen LogP contribution in [0.4, 0.5) is 0 Å². The largest absolute Gasteiger partial charge is 0.348 e. The molecule has 15 heavy (non-hydrogen) atoms. The molecular weight excluding hydrogens is 212 g/mol. The van der Waals surface area contributed by atoms with Gasteiger partial charge < -0.3 is 0 Å². The SMILES string of the molecule is CCCn1c(=O)ncc2cc(Cl)ccc21. The van der Waals surface area contributed by atoms with E-state index >= 15 is 0 Å². The van der Waals surface area contributed by atoms with Crippen molar-refractivity contribution in [3.8, 4) is 0 Å². The second kappa shape index (κ2) is 4.03. The van der Waals surface area contributed by atoms with Crippen LogP contribution in [0.3, 0.4) is 0 Å². The van der Waals surface area contributed by atoms with Crippen LogP contribution in [0.15, 0.2) is 29.2 Å². The molecule has 1 aromatic heterocycles. The highest BCUT2D eigenvalue weighted by Crippen LogP contribution is 2.17. The fourth-order valence-corrected chi connectivity index (χ4v) is 1.79. The van der Waals surface area contributed by atoms with Crippen molar-refractivity contribution in [3.63, 3.8) is 0 Å². The number of halogens is 1. The number of rotatable bonds is 2. The van der Waals surface area contributed by atoms with Crippen molar-refractivity contribution in [2.75, 3.05) is 0 Å². The summed E-state index contributed by atoms with van der Waals surface area (Å²) >= 11 is 5.87. The summed E-state index contributed by atoms with van der Waals surface area (Å²) in [7, 11) is 0. The lowest BCUT2D eigenvalue weighted by Crippen LogP contribution is -2.22. The van der Waals surface area contributed by atoms with Crippen molar-refractivity contribution in [2.24, 2.45) is 0 Å². The topological polar surface area (TPSA) is 34.9 Å². The summed E-state index contributed by atoms with van der Waals surface area (Å²) in [4.78, 5) is 15.3. The van der Waals surface area contributed by atoms with Gasteiger partial charge in [0.2, 0.25) is 0 Å². The summed E-state index contributed by atoms with van der Waals surface area (Å²) in [5.41, 5.74) is 0.688. The standard InChI is InChI=1S/C11H11ClN2O/c1-2-5-14-10-4-3-9(12)6-8(10)7-13-11(14)15/h3-4,6-7H,2,5H2,1H3. The Morgan fingerprint density at radius 1 is 1.47 bits per heavy atom. The van der Waals surface area contributed by atoms with Gasteiger partial charge in [-0.1, -0.05) is 18.5 Å². The normalized spacial score (nSPS) is 10.8. The van der Waals surface area contributed by atoms with Crippen molar-refractivity contribution < 1.29 is 0 Å². The van der Waals surface area contributed by atoms with Gasteiger partial charge in [-0.3, -0.25) is 4.57 Å². The minimum Gasteiger partial charge on any atom is -0.292 e. The molecule has 0 unspecified atom stereocenters. The third kappa shape index (κ3) is 1.88. The van der Waals surface area contributed by atoms with Crippen molar-refractivity contribution in [1.82, 2.24) is 9.55 Å². The van der Waals surface area contributed by atoms with E-state index in [0.29, 0.717) is 11.6 Å². The van der Waals surface area contributed by atoms with Gasteiger partial charge in [0.1, 0.15) is 0 Å². The van der Waals surface area contributed by atoms with Crippen LogP contribution in [0.25, 0.3) is 10.9 Å². The Morgan fingerprint density at radius 3 is 3.00 bits per heavy atom. The molecule has 0 aliphatic rings. The summed E-state index contributed by atoms with van der Waals surface area (Å²) in [5, 5.41) is 1.56. The number of aryl methyl sites for hydroxylation is 1. The average Bonchev–Trinajstić information content (AvgIpc) is 2.22. The molecule has 0 saturated carbocycles. The number of nitrogens with zero attached hydrogens (tertiary/aromatic N) is 2. The van der Waals surface area contributed by atoms with Crippen LogP contribution in [0.2, 0.25) is 5.02 Å². The highest BCUT2D eigenvalue weighted by Gasteiger charge is 2.03. The van der Waals surface area contributed by atoms with Gasteiger partial charge in [0.05, 0.1) is 5.52 Å². The molecule has 78 valence electrons. The summed E-state index contributed by atoms with van der Waals surface area (Å²) in [6, 6.07) is 5.46. The first kappa shape index (κ1) is 10.2. The van der Waals surface area contributed by atoms with E-state index in [9.17, 15) is 4.79 Å².